The van der Waals surface area contributed by atoms with Crippen molar-refractivity contribution in [2.45, 2.75) is 6.54 Å². The number of benzene rings is 1. The molecule has 0 spiro atoms. The van der Waals surface area contributed by atoms with Gasteiger partial charge in [-0.05, 0) is 17.7 Å². The third-order valence-electron chi connectivity index (χ3n) is 1.79. The number of hydrogen-bond acceptors (Lipinski definition) is 3. The van der Waals surface area contributed by atoms with Gasteiger partial charge in [0.25, 0.3) is 5.96 Å². The van der Waals surface area contributed by atoms with Crippen molar-refractivity contribution in [1.29, 1.82) is 0 Å². The number of guanidine groups is 1. The molecule has 0 aromatic heterocycles. The molecule has 1 aromatic carbocycles. The van der Waals surface area contributed by atoms with E-state index in [1.165, 1.54) is 7.05 Å². The summed E-state index contributed by atoms with van der Waals surface area (Å²) in [6, 6.07) is 7.16. The van der Waals surface area contributed by atoms with Crippen molar-refractivity contribution in [3.05, 3.63) is 45.0 Å². The summed E-state index contributed by atoms with van der Waals surface area (Å²) in [6.07, 6.45) is 0. The van der Waals surface area contributed by atoms with E-state index in [0.717, 1.165) is 5.56 Å². The predicted octanol–water partition coefficient (Wildman–Crippen LogP) is 1.20. The van der Waals surface area contributed by atoms with Crippen LogP contribution in [-0.4, -0.2) is 18.0 Å². The first-order valence-corrected chi connectivity index (χ1v) is 4.85. The first-order chi connectivity index (χ1) is 7.61. The minimum Gasteiger partial charge on any atom is -0.348 e. The summed E-state index contributed by atoms with van der Waals surface area (Å²) >= 11 is 5.72. The van der Waals surface area contributed by atoms with Gasteiger partial charge in [-0.25, -0.2) is 10.1 Å². The Balaban J connectivity index is 2.50. The van der Waals surface area contributed by atoms with Crippen LogP contribution in [0, 0.1) is 10.1 Å². The van der Waals surface area contributed by atoms with Crippen LogP contribution in [0.4, 0.5) is 0 Å². The summed E-state index contributed by atoms with van der Waals surface area (Å²) in [5.41, 5.74) is 2.90. The summed E-state index contributed by atoms with van der Waals surface area (Å²) < 4.78 is 0. The minimum absolute atomic E-state index is 0.111. The zero-order chi connectivity index (χ0) is 12.0. The molecule has 2 N–H and O–H groups in total. The summed E-state index contributed by atoms with van der Waals surface area (Å²) in [7, 11) is 1.46. The maximum absolute atomic E-state index is 10.2. The van der Waals surface area contributed by atoms with E-state index in [9.17, 15) is 10.1 Å². The number of nitrogens with zero attached hydrogens (tertiary/aromatic N) is 2. The van der Waals surface area contributed by atoms with Gasteiger partial charge >= 0.3 is 0 Å². The average Bonchev–Trinajstić information content (AvgIpc) is 2.26. The lowest BCUT2D eigenvalue weighted by molar-refractivity contribution is -0.525. The van der Waals surface area contributed by atoms with Crippen LogP contribution in [-0.2, 0) is 6.54 Å². The molecule has 0 atom stereocenters. The first-order valence-electron chi connectivity index (χ1n) is 4.48. The van der Waals surface area contributed by atoms with Crippen molar-refractivity contribution >= 4 is 17.6 Å². The second-order valence-corrected chi connectivity index (χ2v) is 3.36. The third kappa shape index (κ3) is 4.14. The maximum atomic E-state index is 10.2. The van der Waals surface area contributed by atoms with E-state index >= 15 is 0 Å². The van der Waals surface area contributed by atoms with Crippen molar-refractivity contribution in [2.24, 2.45) is 4.99 Å². The molecule has 6 nitrogen and oxygen atoms in total. The van der Waals surface area contributed by atoms with Gasteiger partial charge in [-0.3, -0.25) is 4.99 Å². The molecule has 0 aliphatic carbocycles. The second-order valence-electron chi connectivity index (χ2n) is 2.92. The van der Waals surface area contributed by atoms with Gasteiger partial charge in [0.2, 0.25) is 0 Å². The van der Waals surface area contributed by atoms with Gasteiger partial charge in [0.15, 0.2) is 5.03 Å². The van der Waals surface area contributed by atoms with E-state index < -0.39 is 5.03 Å². The summed E-state index contributed by atoms with van der Waals surface area (Å²) in [5, 5.41) is 13.0. The highest BCUT2D eigenvalue weighted by atomic mass is 35.5. The molecule has 1 rings (SSSR count). The third-order valence-corrected chi connectivity index (χ3v) is 2.05. The van der Waals surface area contributed by atoms with Crippen LogP contribution in [0.15, 0.2) is 29.3 Å². The van der Waals surface area contributed by atoms with E-state index in [-0.39, 0.29) is 5.96 Å². The van der Waals surface area contributed by atoms with Crippen LogP contribution in [0.3, 0.4) is 0 Å². The second kappa shape index (κ2) is 5.92. The molecule has 16 heavy (non-hydrogen) atoms. The number of nitro groups is 1. The number of aliphatic imine (C=N–C) groups is 1. The molecule has 0 amide bonds. The Kier molecular flexibility index (Phi) is 4.53. The fourth-order valence-corrected chi connectivity index (χ4v) is 1.17. The Labute approximate surface area is 97.4 Å². The number of nitrogens with one attached hydrogen (secondary N) is 2. The van der Waals surface area contributed by atoms with Gasteiger partial charge in [-0.15, -0.1) is 0 Å². The molecular weight excluding hydrogens is 232 g/mol. The minimum atomic E-state index is -0.669. The normalized spacial score (nSPS) is 11.0. The zero-order valence-electron chi connectivity index (χ0n) is 8.61. The van der Waals surface area contributed by atoms with Gasteiger partial charge in [0, 0.05) is 18.6 Å². The average molecular weight is 243 g/mol. The van der Waals surface area contributed by atoms with Gasteiger partial charge in [0.1, 0.15) is 0 Å². The van der Waals surface area contributed by atoms with Crippen molar-refractivity contribution in [2.75, 3.05) is 7.05 Å². The summed E-state index contributed by atoms with van der Waals surface area (Å²) in [6.45, 7) is 0.435. The van der Waals surface area contributed by atoms with Crippen LogP contribution in [0.25, 0.3) is 0 Å². The molecule has 0 aliphatic rings. The molecule has 1 aromatic rings. The van der Waals surface area contributed by atoms with Gasteiger partial charge < -0.3 is 5.32 Å². The van der Waals surface area contributed by atoms with Crippen LogP contribution < -0.4 is 10.7 Å². The Bertz CT molecular complexity index is 391. The predicted molar refractivity (Wildman–Crippen MR) is 61.8 cm³/mol. The van der Waals surface area contributed by atoms with Crippen molar-refractivity contribution in [3.63, 3.8) is 0 Å². The Hall–Kier alpha value is -1.82. The van der Waals surface area contributed by atoms with Gasteiger partial charge in [-0.1, -0.05) is 29.2 Å². The number of hydrazine groups is 1. The Morgan fingerprint density at radius 3 is 2.62 bits per heavy atom. The van der Waals surface area contributed by atoms with Crippen LogP contribution >= 0.6 is 11.6 Å². The standard InChI is InChI=1S/C9H11ClN4O2/c1-11-9(13-14(15)16)12-6-7-2-4-8(10)5-3-7/h2-5H,6H2,1H3,(H2,11,12,13). The lowest BCUT2D eigenvalue weighted by Gasteiger charge is -2.06. The number of halogens is 1. The van der Waals surface area contributed by atoms with Crippen molar-refractivity contribution in [1.82, 2.24) is 10.7 Å². The molecule has 0 fully saturated rings. The molecule has 86 valence electrons. The molecule has 0 radical (unpaired) electrons. The van der Waals surface area contributed by atoms with Gasteiger partial charge in [0.05, 0.1) is 0 Å². The van der Waals surface area contributed by atoms with Crippen molar-refractivity contribution in [3.8, 4) is 0 Å². The molecule has 0 aliphatic heterocycles. The molecular formula is C9H11ClN4O2. The topological polar surface area (TPSA) is 79.6 Å². The lowest BCUT2D eigenvalue weighted by atomic mass is 10.2. The van der Waals surface area contributed by atoms with E-state index in [0.29, 0.717) is 11.6 Å². The summed E-state index contributed by atoms with van der Waals surface area (Å²) in [5.74, 6) is 0.111. The fourth-order valence-electron chi connectivity index (χ4n) is 1.04. The largest absolute Gasteiger partial charge is 0.348 e. The maximum Gasteiger partial charge on any atom is 0.254 e. The van der Waals surface area contributed by atoms with E-state index in [2.05, 4.69) is 10.3 Å². The van der Waals surface area contributed by atoms with Crippen molar-refractivity contribution < 1.29 is 5.03 Å². The van der Waals surface area contributed by atoms with E-state index in [1.54, 1.807) is 12.1 Å². The molecule has 0 saturated carbocycles. The smallest absolute Gasteiger partial charge is 0.254 e. The Morgan fingerprint density at radius 1 is 1.50 bits per heavy atom. The summed E-state index contributed by atoms with van der Waals surface area (Å²) in [4.78, 5) is 13.9. The van der Waals surface area contributed by atoms with Crippen LogP contribution in [0.5, 0.6) is 0 Å². The lowest BCUT2D eigenvalue weighted by Crippen LogP contribution is -2.40. The molecule has 7 heteroatoms. The number of hydrogen-bond donors (Lipinski definition) is 2. The zero-order valence-corrected chi connectivity index (χ0v) is 9.36. The highest BCUT2D eigenvalue weighted by Crippen LogP contribution is 2.08. The molecule has 0 bridgehead atoms. The highest BCUT2D eigenvalue weighted by Gasteiger charge is 2.03. The van der Waals surface area contributed by atoms with E-state index in [1.807, 2.05) is 17.6 Å². The fraction of sp³-hybridized carbons (Fsp3) is 0.222. The van der Waals surface area contributed by atoms with Crippen LogP contribution in [0.2, 0.25) is 5.02 Å². The van der Waals surface area contributed by atoms with Crippen LogP contribution in [0.1, 0.15) is 5.56 Å². The number of rotatable bonds is 3. The molecule has 0 saturated heterocycles. The Morgan fingerprint density at radius 2 is 2.12 bits per heavy atom. The molecule has 0 heterocycles. The highest BCUT2D eigenvalue weighted by molar-refractivity contribution is 6.30. The quantitative estimate of drug-likeness (QED) is 0.361. The monoisotopic (exact) mass is 242 g/mol. The SMILES string of the molecule is CN=C(NCc1ccc(Cl)cc1)N[N+](=O)[O-]. The molecule has 0 unspecified atom stereocenters. The van der Waals surface area contributed by atoms with E-state index in [4.69, 9.17) is 11.6 Å². The van der Waals surface area contributed by atoms with Gasteiger partial charge in [-0.2, -0.15) is 0 Å². The first kappa shape index (κ1) is 12.3.